The maximum absolute atomic E-state index is 11.9. The van der Waals surface area contributed by atoms with Crippen molar-refractivity contribution in [3.63, 3.8) is 0 Å². The first kappa shape index (κ1) is 14.2. The van der Waals surface area contributed by atoms with Crippen LogP contribution in [0.5, 0.6) is 0 Å². The van der Waals surface area contributed by atoms with E-state index in [1.807, 2.05) is 30.3 Å². The zero-order chi connectivity index (χ0) is 13.5. The van der Waals surface area contributed by atoms with Gasteiger partial charge in [0.1, 0.15) is 0 Å². The Morgan fingerprint density at radius 2 is 1.89 bits per heavy atom. The lowest BCUT2D eigenvalue weighted by Gasteiger charge is -2.21. The van der Waals surface area contributed by atoms with Crippen molar-refractivity contribution in [1.29, 1.82) is 0 Å². The van der Waals surface area contributed by atoms with Crippen molar-refractivity contribution >= 4 is 11.8 Å². The molecule has 0 fully saturated rings. The summed E-state index contributed by atoms with van der Waals surface area (Å²) < 4.78 is 0. The molecule has 0 aromatic heterocycles. The van der Waals surface area contributed by atoms with E-state index in [1.165, 1.54) is 4.90 Å². The minimum absolute atomic E-state index is 0.0587. The summed E-state index contributed by atoms with van der Waals surface area (Å²) in [5.74, 6) is -0.675. The predicted octanol–water partition coefficient (Wildman–Crippen LogP) is 0.410. The monoisotopic (exact) mass is 249 g/mol. The maximum Gasteiger partial charge on any atom is 0.237 e. The number of benzene rings is 1. The fourth-order valence-electron chi connectivity index (χ4n) is 1.70. The molecule has 0 saturated heterocycles. The lowest BCUT2D eigenvalue weighted by Crippen LogP contribution is -2.39. The highest BCUT2D eigenvalue weighted by Gasteiger charge is 2.17. The van der Waals surface area contributed by atoms with Gasteiger partial charge in [-0.15, -0.1) is 0 Å². The third-order valence-corrected chi connectivity index (χ3v) is 2.70. The molecule has 5 heteroatoms. The van der Waals surface area contributed by atoms with Crippen LogP contribution in [0.3, 0.4) is 0 Å². The van der Waals surface area contributed by atoms with Crippen LogP contribution < -0.4 is 11.5 Å². The van der Waals surface area contributed by atoms with E-state index in [4.69, 9.17) is 11.5 Å². The third-order valence-electron chi connectivity index (χ3n) is 2.70. The molecule has 0 aliphatic rings. The van der Waals surface area contributed by atoms with Crippen LogP contribution >= 0.6 is 0 Å². The number of carbonyl (C=O) groups is 2. The Morgan fingerprint density at radius 3 is 2.39 bits per heavy atom. The molecule has 0 spiro atoms. The average Bonchev–Trinajstić information content (AvgIpc) is 2.36. The summed E-state index contributed by atoms with van der Waals surface area (Å²) in [7, 11) is 0. The molecule has 18 heavy (non-hydrogen) atoms. The standard InChI is InChI=1S/C13H19N3O2/c1-2-16(9-12(15)17)13(18)8-11(14)10-6-4-3-5-7-10/h3-7,11H,2,8-9,14H2,1H3,(H2,15,17). The molecule has 0 saturated carbocycles. The second kappa shape index (κ2) is 6.76. The molecule has 5 nitrogen and oxygen atoms in total. The normalized spacial score (nSPS) is 11.9. The minimum Gasteiger partial charge on any atom is -0.368 e. The van der Waals surface area contributed by atoms with Crippen molar-refractivity contribution in [2.45, 2.75) is 19.4 Å². The summed E-state index contributed by atoms with van der Waals surface area (Å²) in [5.41, 5.74) is 11.9. The smallest absolute Gasteiger partial charge is 0.237 e. The Hall–Kier alpha value is -1.88. The Balaban J connectivity index is 2.60. The summed E-state index contributed by atoms with van der Waals surface area (Å²) in [5, 5.41) is 0. The number of hydrogen-bond donors (Lipinski definition) is 2. The van der Waals surface area contributed by atoms with E-state index in [-0.39, 0.29) is 24.9 Å². The van der Waals surface area contributed by atoms with Crippen molar-refractivity contribution in [2.24, 2.45) is 11.5 Å². The van der Waals surface area contributed by atoms with Crippen LogP contribution in [0, 0.1) is 0 Å². The SMILES string of the molecule is CCN(CC(N)=O)C(=O)CC(N)c1ccccc1. The van der Waals surface area contributed by atoms with Gasteiger partial charge in [-0.05, 0) is 12.5 Å². The molecular formula is C13H19N3O2. The van der Waals surface area contributed by atoms with E-state index in [0.29, 0.717) is 6.54 Å². The van der Waals surface area contributed by atoms with Gasteiger partial charge in [-0.1, -0.05) is 30.3 Å². The van der Waals surface area contributed by atoms with Crippen LogP contribution in [0.4, 0.5) is 0 Å². The van der Waals surface area contributed by atoms with E-state index in [2.05, 4.69) is 0 Å². The van der Waals surface area contributed by atoms with Gasteiger partial charge < -0.3 is 16.4 Å². The molecule has 0 radical (unpaired) electrons. The van der Waals surface area contributed by atoms with Gasteiger partial charge >= 0.3 is 0 Å². The summed E-state index contributed by atoms with van der Waals surface area (Å²) >= 11 is 0. The topological polar surface area (TPSA) is 89.4 Å². The van der Waals surface area contributed by atoms with Crippen LogP contribution in [0.25, 0.3) is 0 Å². The highest BCUT2D eigenvalue weighted by atomic mass is 16.2. The number of likely N-dealkylation sites (N-methyl/N-ethyl adjacent to an activating group) is 1. The van der Waals surface area contributed by atoms with E-state index in [9.17, 15) is 9.59 Å². The number of hydrogen-bond acceptors (Lipinski definition) is 3. The molecular weight excluding hydrogens is 230 g/mol. The van der Waals surface area contributed by atoms with Crippen LogP contribution in [-0.2, 0) is 9.59 Å². The second-order valence-corrected chi connectivity index (χ2v) is 4.10. The van der Waals surface area contributed by atoms with Crippen molar-refractivity contribution in [3.05, 3.63) is 35.9 Å². The van der Waals surface area contributed by atoms with E-state index in [1.54, 1.807) is 6.92 Å². The molecule has 0 aliphatic heterocycles. The highest BCUT2D eigenvalue weighted by molar-refractivity contribution is 5.84. The van der Waals surface area contributed by atoms with Gasteiger partial charge in [-0.3, -0.25) is 9.59 Å². The lowest BCUT2D eigenvalue weighted by atomic mass is 10.0. The van der Waals surface area contributed by atoms with Gasteiger partial charge in [-0.25, -0.2) is 0 Å². The maximum atomic E-state index is 11.9. The fraction of sp³-hybridized carbons (Fsp3) is 0.385. The van der Waals surface area contributed by atoms with Crippen molar-refractivity contribution in [3.8, 4) is 0 Å². The summed E-state index contributed by atoms with van der Waals surface area (Å²) in [6.07, 6.45) is 0.172. The Kier molecular flexibility index (Phi) is 5.32. The Bertz CT molecular complexity index is 406. The first-order chi connectivity index (χ1) is 8.54. The number of rotatable bonds is 6. The van der Waals surface area contributed by atoms with E-state index < -0.39 is 5.91 Å². The summed E-state index contributed by atoms with van der Waals surface area (Å²) in [4.78, 5) is 24.2. The first-order valence-electron chi connectivity index (χ1n) is 5.91. The third kappa shape index (κ3) is 4.18. The zero-order valence-corrected chi connectivity index (χ0v) is 10.5. The number of nitrogens with two attached hydrogens (primary N) is 2. The highest BCUT2D eigenvalue weighted by Crippen LogP contribution is 2.14. The second-order valence-electron chi connectivity index (χ2n) is 4.10. The molecule has 98 valence electrons. The summed E-state index contributed by atoms with van der Waals surface area (Å²) in [6.45, 7) is 2.19. The molecule has 1 aromatic rings. The molecule has 1 aromatic carbocycles. The number of carbonyl (C=O) groups excluding carboxylic acids is 2. The largest absolute Gasteiger partial charge is 0.368 e. The molecule has 4 N–H and O–H groups in total. The Labute approximate surface area is 107 Å². The van der Waals surface area contributed by atoms with Crippen molar-refractivity contribution in [1.82, 2.24) is 4.90 Å². The van der Waals surface area contributed by atoms with Gasteiger partial charge in [0, 0.05) is 19.0 Å². The number of amides is 2. The zero-order valence-electron chi connectivity index (χ0n) is 10.5. The molecule has 2 amide bonds. The number of nitrogens with zero attached hydrogens (tertiary/aromatic N) is 1. The fourth-order valence-corrected chi connectivity index (χ4v) is 1.70. The average molecular weight is 249 g/mol. The van der Waals surface area contributed by atoms with Gasteiger partial charge in [0.05, 0.1) is 6.54 Å². The quantitative estimate of drug-likeness (QED) is 0.765. The molecule has 0 bridgehead atoms. The molecule has 1 atom stereocenters. The van der Waals surface area contributed by atoms with E-state index in [0.717, 1.165) is 5.56 Å². The van der Waals surface area contributed by atoms with Gasteiger partial charge in [0.2, 0.25) is 11.8 Å². The predicted molar refractivity (Wildman–Crippen MR) is 69.4 cm³/mol. The van der Waals surface area contributed by atoms with Gasteiger partial charge in [0.15, 0.2) is 0 Å². The molecule has 0 heterocycles. The Morgan fingerprint density at radius 1 is 1.28 bits per heavy atom. The lowest BCUT2D eigenvalue weighted by molar-refractivity contribution is -0.135. The van der Waals surface area contributed by atoms with E-state index >= 15 is 0 Å². The van der Waals surface area contributed by atoms with Crippen LogP contribution in [0.1, 0.15) is 24.9 Å². The van der Waals surface area contributed by atoms with Crippen molar-refractivity contribution < 1.29 is 9.59 Å². The van der Waals surface area contributed by atoms with Crippen molar-refractivity contribution in [2.75, 3.05) is 13.1 Å². The van der Waals surface area contributed by atoms with Crippen LogP contribution in [0.15, 0.2) is 30.3 Å². The summed E-state index contributed by atoms with van der Waals surface area (Å²) in [6, 6.07) is 9.04. The van der Waals surface area contributed by atoms with Gasteiger partial charge in [0.25, 0.3) is 0 Å². The molecule has 1 rings (SSSR count). The van der Waals surface area contributed by atoms with Crippen LogP contribution in [-0.4, -0.2) is 29.8 Å². The minimum atomic E-state index is -0.515. The van der Waals surface area contributed by atoms with Crippen LogP contribution in [0.2, 0.25) is 0 Å². The molecule has 0 aliphatic carbocycles. The van der Waals surface area contributed by atoms with Gasteiger partial charge in [-0.2, -0.15) is 0 Å². The number of primary amides is 1. The molecule has 1 unspecified atom stereocenters. The first-order valence-corrected chi connectivity index (χ1v) is 5.91.